The Hall–Kier alpha value is -2.46. The van der Waals surface area contributed by atoms with Crippen LogP contribution in [0.15, 0.2) is 42.5 Å². The quantitative estimate of drug-likeness (QED) is 0.870. The summed E-state index contributed by atoms with van der Waals surface area (Å²) in [5, 5.41) is 10.5. The molecular formula is C17H15NO3. The maximum Gasteiger partial charge on any atom is 0.254 e. The van der Waals surface area contributed by atoms with Gasteiger partial charge in [-0.1, -0.05) is 36.4 Å². The van der Waals surface area contributed by atoms with Crippen molar-refractivity contribution in [1.82, 2.24) is 4.90 Å². The van der Waals surface area contributed by atoms with Crippen molar-refractivity contribution in [2.24, 2.45) is 0 Å². The minimum absolute atomic E-state index is 0.211. The summed E-state index contributed by atoms with van der Waals surface area (Å²) in [4.78, 5) is 26.4. The van der Waals surface area contributed by atoms with Crippen LogP contribution in [0.25, 0.3) is 0 Å². The maximum atomic E-state index is 12.7. The third-order valence-corrected chi connectivity index (χ3v) is 3.75. The number of benzene rings is 2. The van der Waals surface area contributed by atoms with Crippen molar-refractivity contribution in [3.63, 3.8) is 0 Å². The number of carbonyl (C=O) groups is 2. The molecule has 2 aromatic carbocycles. The van der Waals surface area contributed by atoms with E-state index in [9.17, 15) is 14.7 Å². The van der Waals surface area contributed by atoms with Gasteiger partial charge in [0.05, 0.1) is 5.56 Å². The summed E-state index contributed by atoms with van der Waals surface area (Å²) in [6.07, 6.45) is -0.885. The lowest BCUT2D eigenvalue weighted by Crippen LogP contribution is -2.28. The summed E-state index contributed by atoms with van der Waals surface area (Å²) in [5.74, 6) is -0.455. The zero-order valence-corrected chi connectivity index (χ0v) is 11.8. The van der Waals surface area contributed by atoms with Crippen LogP contribution in [0.5, 0.6) is 0 Å². The van der Waals surface area contributed by atoms with Crippen molar-refractivity contribution < 1.29 is 14.7 Å². The molecule has 0 heterocycles. The summed E-state index contributed by atoms with van der Waals surface area (Å²) in [6, 6.07) is 12.0. The summed E-state index contributed by atoms with van der Waals surface area (Å²) >= 11 is 0. The summed E-state index contributed by atoms with van der Waals surface area (Å²) in [5.41, 5.74) is 2.17. The third-order valence-electron chi connectivity index (χ3n) is 3.75. The second-order valence-electron chi connectivity index (χ2n) is 5.29. The van der Waals surface area contributed by atoms with Crippen LogP contribution in [0.3, 0.4) is 0 Å². The van der Waals surface area contributed by atoms with E-state index in [2.05, 4.69) is 0 Å². The smallest absolute Gasteiger partial charge is 0.254 e. The van der Waals surface area contributed by atoms with E-state index >= 15 is 0 Å². The van der Waals surface area contributed by atoms with Crippen LogP contribution in [0.4, 0.5) is 0 Å². The minimum atomic E-state index is -0.885. The summed E-state index contributed by atoms with van der Waals surface area (Å²) in [7, 11) is 3.28. The van der Waals surface area contributed by atoms with Crippen molar-refractivity contribution in [3.05, 3.63) is 70.3 Å². The van der Waals surface area contributed by atoms with Crippen molar-refractivity contribution >= 4 is 11.7 Å². The first-order valence-corrected chi connectivity index (χ1v) is 6.68. The van der Waals surface area contributed by atoms with Gasteiger partial charge >= 0.3 is 0 Å². The maximum absolute atomic E-state index is 12.7. The summed E-state index contributed by atoms with van der Waals surface area (Å²) in [6.45, 7) is 0. The van der Waals surface area contributed by atoms with E-state index in [1.165, 1.54) is 4.90 Å². The Morgan fingerprint density at radius 1 is 1.05 bits per heavy atom. The highest BCUT2D eigenvalue weighted by molar-refractivity contribution is 6.18. The van der Waals surface area contributed by atoms with Crippen LogP contribution >= 0.6 is 0 Å². The van der Waals surface area contributed by atoms with Crippen LogP contribution in [0.2, 0.25) is 0 Å². The van der Waals surface area contributed by atoms with Crippen molar-refractivity contribution in [2.45, 2.75) is 6.10 Å². The lowest BCUT2D eigenvalue weighted by atomic mass is 9.80. The highest BCUT2D eigenvalue weighted by atomic mass is 16.3. The molecule has 4 heteroatoms. The average Bonchev–Trinajstić information content (AvgIpc) is 2.51. The number of fused-ring (bicyclic) bond motifs is 2. The molecule has 1 aliphatic carbocycles. The Morgan fingerprint density at radius 3 is 2.43 bits per heavy atom. The molecule has 1 N–H and O–H groups in total. The van der Waals surface area contributed by atoms with Crippen molar-refractivity contribution in [1.29, 1.82) is 0 Å². The zero-order chi connectivity index (χ0) is 15.1. The fourth-order valence-corrected chi connectivity index (χ4v) is 2.71. The molecular weight excluding hydrogens is 266 g/mol. The number of nitrogens with zero attached hydrogens (tertiary/aromatic N) is 1. The zero-order valence-electron chi connectivity index (χ0n) is 11.8. The molecule has 0 bridgehead atoms. The number of ketones is 1. The third kappa shape index (κ3) is 1.96. The van der Waals surface area contributed by atoms with E-state index in [0.717, 1.165) is 0 Å². The van der Waals surface area contributed by atoms with Gasteiger partial charge in [0.15, 0.2) is 5.78 Å². The largest absolute Gasteiger partial charge is 0.384 e. The lowest BCUT2D eigenvalue weighted by molar-refractivity contribution is 0.0820. The van der Waals surface area contributed by atoms with E-state index in [1.54, 1.807) is 56.6 Å². The molecule has 1 atom stereocenters. The van der Waals surface area contributed by atoms with Crippen LogP contribution in [-0.4, -0.2) is 35.8 Å². The normalized spacial score (nSPS) is 16.1. The SMILES string of the molecule is CN(C)C(=O)c1cccc2c1C(=O)c1ccccc1C2O. The number of aliphatic hydroxyl groups is 1. The molecule has 1 amide bonds. The number of rotatable bonds is 1. The van der Waals surface area contributed by atoms with Gasteiger partial charge in [-0.15, -0.1) is 0 Å². The van der Waals surface area contributed by atoms with E-state index in [4.69, 9.17) is 0 Å². The van der Waals surface area contributed by atoms with Gasteiger partial charge in [-0.05, 0) is 17.2 Å². The Kier molecular flexibility index (Phi) is 3.11. The second kappa shape index (κ2) is 4.82. The van der Waals surface area contributed by atoms with Crippen LogP contribution < -0.4 is 0 Å². The van der Waals surface area contributed by atoms with Gasteiger partial charge in [-0.2, -0.15) is 0 Å². The molecule has 106 valence electrons. The van der Waals surface area contributed by atoms with E-state index in [1.807, 2.05) is 0 Å². The molecule has 1 aliphatic rings. The predicted octanol–water partition coefficient (Wildman–Crippen LogP) is 2.01. The fraction of sp³-hybridized carbons (Fsp3) is 0.176. The first-order valence-electron chi connectivity index (χ1n) is 6.68. The molecule has 0 radical (unpaired) electrons. The van der Waals surface area contributed by atoms with Gasteiger partial charge in [-0.3, -0.25) is 9.59 Å². The minimum Gasteiger partial charge on any atom is -0.384 e. The van der Waals surface area contributed by atoms with E-state index in [0.29, 0.717) is 27.8 Å². The lowest BCUT2D eigenvalue weighted by Gasteiger charge is -2.25. The second-order valence-corrected chi connectivity index (χ2v) is 5.29. The van der Waals surface area contributed by atoms with E-state index in [-0.39, 0.29) is 11.7 Å². The molecule has 2 aromatic rings. The number of carbonyl (C=O) groups excluding carboxylic acids is 2. The highest BCUT2D eigenvalue weighted by Gasteiger charge is 2.33. The first-order chi connectivity index (χ1) is 10.0. The molecule has 0 saturated carbocycles. The first kappa shape index (κ1) is 13.5. The molecule has 0 aliphatic heterocycles. The number of hydrogen-bond acceptors (Lipinski definition) is 3. The van der Waals surface area contributed by atoms with Gasteiger partial charge in [0.2, 0.25) is 0 Å². The Balaban J connectivity index is 2.26. The fourth-order valence-electron chi connectivity index (χ4n) is 2.71. The number of hydrogen-bond donors (Lipinski definition) is 1. The molecule has 0 spiro atoms. The number of amides is 1. The molecule has 21 heavy (non-hydrogen) atoms. The van der Waals surface area contributed by atoms with Gasteiger partial charge in [0.25, 0.3) is 5.91 Å². The molecule has 0 saturated heterocycles. The predicted molar refractivity (Wildman–Crippen MR) is 78.4 cm³/mol. The number of aliphatic hydroxyl groups excluding tert-OH is 1. The molecule has 3 rings (SSSR count). The molecule has 0 aromatic heterocycles. The van der Waals surface area contributed by atoms with Crippen molar-refractivity contribution in [3.8, 4) is 0 Å². The molecule has 4 nitrogen and oxygen atoms in total. The van der Waals surface area contributed by atoms with Gasteiger partial charge in [0.1, 0.15) is 6.10 Å². The highest BCUT2D eigenvalue weighted by Crippen LogP contribution is 2.36. The van der Waals surface area contributed by atoms with Gasteiger partial charge < -0.3 is 10.0 Å². The van der Waals surface area contributed by atoms with Gasteiger partial charge in [-0.25, -0.2) is 0 Å². The van der Waals surface area contributed by atoms with Crippen LogP contribution in [-0.2, 0) is 0 Å². The van der Waals surface area contributed by atoms with Crippen LogP contribution in [0, 0.1) is 0 Å². The monoisotopic (exact) mass is 281 g/mol. The Bertz CT molecular complexity index is 749. The topological polar surface area (TPSA) is 57.6 Å². The Labute approximate surface area is 122 Å². The summed E-state index contributed by atoms with van der Waals surface area (Å²) < 4.78 is 0. The van der Waals surface area contributed by atoms with Crippen LogP contribution in [0.1, 0.15) is 43.5 Å². The molecule has 0 fully saturated rings. The molecule has 1 unspecified atom stereocenters. The van der Waals surface area contributed by atoms with E-state index < -0.39 is 6.10 Å². The average molecular weight is 281 g/mol. The Morgan fingerprint density at radius 2 is 1.71 bits per heavy atom. The van der Waals surface area contributed by atoms with Crippen molar-refractivity contribution in [2.75, 3.05) is 14.1 Å². The van der Waals surface area contributed by atoms with Gasteiger partial charge in [0, 0.05) is 25.2 Å². The standard InChI is InChI=1S/C17H15NO3/c1-18(2)17(21)13-9-5-8-12-14(13)16(20)11-7-4-3-6-10(11)15(12)19/h3-9,15,19H,1-2H3.